The predicted molar refractivity (Wildman–Crippen MR) is 61.4 cm³/mol. The van der Waals surface area contributed by atoms with Crippen LogP contribution in [0.5, 0.6) is 0 Å². The molecule has 2 rings (SSSR count). The van der Waals surface area contributed by atoms with E-state index in [9.17, 15) is 4.79 Å². The molecule has 0 unspecified atom stereocenters. The first kappa shape index (κ1) is 12.0. The van der Waals surface area contributed by atoms with Crippen LogP contribution >= 0.6 is 0 Å². The Balaban J connectivity index is 2.07. The summed E-state index contributed by atoms with van der Waals surface area (Å²) in [5.41, 5.74) is 0.323. The Kier molecular flexibility index (Phi) is 4.08. The summed E-state index contributed by atoms with van der Waals surface area (Å²) in [5, 5.41) is 19.0. The Morgan fingerprint density at radius 2 is 2.24 bits per heavy atom. The van der Waals surface area contributed by atoms with Crippen LogP contribution in [0.3, 0.4) is 0 Å². The van der Waals surface area contributed by atoms with E-state index in [4.69, 9.17) is 5.11 Å². The lowest BCUT2D eigenvalue weighted by Gasteiger charge is -2.33. The van der Waals surface area contributed by atoms with Gasteiger partial charge in [-0.2, -0.15) is 15.4 Å². The SMILES string of the molecule is O=C(c1cn[nH]n1)N(CCO)C1CCCCC1. The van der Waals surface area contributed by atoms with Crippen molar-refractivity contribution in [3.05, 3.63) is 11.9 Å². The summed E-state index contributed by atoms with van der Waals surface area (Å²) in [4.78, 5) is 13.9. The number of carbonyl (C=O) groups is 1. The Labute approximate surface area is 100 Å². The first-order valence-corrected chi connectivity index (χ1v) is 6.10. The molecule has 1 fully saturated rings. The van der Waals surface area contributed by atoms with Crippen LogP contribution in [0.1, 0.15) is 42.6 Å². The molecule has 0 saturated heterocycles. The number of aliphatic hydroxyl groups is 1. The van der Waals surface area contributed by atoms with Gasteiger partial charge in [-0.05, 0) is 12.8 Å². The summed E-state index contributed by atoms with van der Waals surface area (Å²) in [7, 11) is 0. The monoisotopic (exact) mass is 238 g/mol. The van der Waals surface area contributed by atoms with E-state index >= 15 is 0 Å². The van der Waals surface area contributed by atoms with Crippen LogP contribution in [0.25, 0.3) is 0 Å². The maximum Gasteiger partial charge on any atom is 0.276 e. The Hall–Kier alpha value is -1.43. The van der Waals surface area contributed by atoms with E-state index in [-0.39, 0.29) is 18.6 Å². The summed E-state index contributed by atoms with van der Waals surface area (Å²) in [6.07, 6.45) is 7.00. The lowest BCUT2D eigenvalue weighted by atomic mass is 9.94. The zero-order chi connectivity index (χ0) is 12.1. The van der Waals surface area contributed by atoms with Gasteiger partial charge in [-0.1, -0.05) is 19.3 Å². The highest BCUT2D eigenvalue weighted by Crippen LogP contribution is 2.23. The van der Waals surface area contributed by atoms with Gasteiger partial charge in [0.25, 0.3) is 5.91 Å². The normalized spacial score (nSPS) is 17.0. The molecule has 0 bridgehead atoms. The van der Waals surface area contributed by atoms with Crippen molar-refractivity contribution in [3.63, 3.8) is 0 Å². The molecule has 1 aromatic heterocycles. The number of nitrogens with zero attached hydrogens (tertiary/aromatic N) is 3. The highest BCUT2D eigenvalue weighted by Gasteiger charge is 2.26. The second-order valence-corrected chi connectivity index (χ2v) is 4.37. The van der Waals surface area contributed by atoms with Crippen molar-refractivity contribution in [2.75, 3.05) is 13.2 Å². The summed E-state index contributed by atoms with van der Waals surface area (Å²) in [6.45, 7) is 0.358. The highest BCUT2D eigenvalue weighted by atomic mass is 16.3. The van der Waals surface area contributed by atoms with E-state index < -0.39 is 0 Å². The minimum Gasteiger partial charge on any atom is -0.395 e. The van der Waals surface area contributed by atoms with Gasteiger partial charge >= 0.3 is 0 Å². The van der Waals surface area contributed by atoms with Gasteiger partial charge in [-0.25, -0.2) is 0 Å². The zero-order valence-corrected chi connectivity index (χ0v) is 9.80. The fourth-order valence-corrected chi connectivity index (χ4v) is 2.40. The van der Waals surface area contributed by atoms with Gasteiger partial charge < -0.3 is 10.0 Å². The second kappa shape index (κ2) is 5.77. The number of aromatic nitrogens is 3. The molecule has 0 atom stereocenters. The molecule has 1 heterocycles. The number of rotatable bonds is 4. The van der Waals surface area contributed by atoms with Crippen molar-refractivity contribution in [3.8, 4) is 0 Å². The van der Waals surface area contributed by atoms with E-state index in [1.165, 1.54) is 12.6 Å². The van der Waals surface area contributed by atoms with Crippen molar-refractivity contribution < 1.29 is 9.90 Å². The first-order chi connectivity index (χ1) is 8.33. The zero-order valence-electron chi connectivity index (χ0n) is 9.80. The maximum absolute atomic E-state index is 12.2. The molecule has 0 radical (unpaired) electrons. The summed E-state index contributed by atoms with van der Waals surface area (Å²) >= 11 is 0. The van der Waals surface area contributed by atoms with E-state index in [2.05, 4.69) is 15.4 Å². The minimum absolute atomic E-state index is 0.0138. The molecule has 0 aliphatic heterocycles. The minimum atomic E-state index is -0.139. The Morgan fingerprint density at radius 3 is 2.82 bits per heavy atom. The number of nitrogens with one attached hydrogen (secondary N) is 1. The van der Waals surface area contributed by atoms with Crippen LogP contribution in [0.4, 0.5) is 0 Å². The number of hydrogen-bond donors (Lipinski definition) is 2. The molecule has 1 aromatic rings. The number of hydrogen-bond acceptors (Lipinski definition) is 4. The number of H-pyrrole nitrogens is 1. The van der Waals surface area contributed by atoms with Crippen molar-refractivity contribution in [2.45, 2.75) is 38.1 Å². The Morgan fingerprint density at radius 1 is 1.47 bits per heavy atom. The number of amides is 1. The standard InChI is InChI=1S/C11H18N4O2/c16-7-6-15(9-4-2-1-3-5-9)11(17)10-8-12-14-13-10/h8-9,16H,1-7H2,(H,12,13,14). The van der Waals surface area contributed by atoms with Crippen LogP contribution in [-0.4, -0.2) is 50.5 Å². The molecule has 1 aliphatic carbocycles. The van der Waals surface area contributed by atoms with Crippen molar-refractivity contribution in [1.82, 2.24) is 20.3 Å². The fourth-order valence-electron chi connectivity index (χ4n) is 2.40. The molecule has 0 spiro atoms. The third kappa shape index (κ3) is 2.82. The van der Waals surface area contributed by atoms with Gasteiger partial charge in [0, 0.05) is 12.6 Å². The smallest absolute Gasteiger partial charge is 0.276 e. The molecule has 6 heteroatoms. The first-order valence-electron chi connectivity index (χ1n) is 6.10. The van der Waals surface area contributed by atoms with Gasteiger partial charge in [0.2, 0.25) is 0 Å². The van der Waals surface area contributed by atoms with Crippen molar-refractivity contribution in [2.24, 2.45) is 0 Å². The van der Waals surface area contributed by atoms with Gasteiger partial charge in [0.05, 0.1) is 12.8 Å². The lowest BCUT2D eigenvalue weighted by Crippen LogP contribution is -2.43. The van der Waals surface area contributed by atoms with E-state index in [1.54, 1.807) is 4.90 Å². The van der Waals surface area contributed by atoms with E-state index in [1.807, 2.05) is 0 Å². The third-order valence-corrected chi connectivity index (χ3v) is 3.25. The second-order valence-electron chi connectivity index (χ2n) is 4.37. The largest absolute Gasteiger partial charge is 0.395 e. The van der Waals surface area contributed by atoms with Gasteiger partial charge in [0.1, 0.15) is 0 Å². The molecule has 1 saturated carbocycles. The van der Waals surface area contributed by atoms with Gasteiger partial charge in [-0.15, -0.1) is 0 Å². The fraction of sp³-hybridized carbons (Fsp3) is 0.727. The molecule has 2 N–H and O–H groups in total. The maximum atomic E-state index is 12.2. The van der Waals surface area contributed by atoms with Crippen LogP contribution in [0, 0.1) is 0 Å². The molecule has 1 amide bonds. The van der Waals surface area contributed by atoms with Crippen LogP contribution < -0.4 is 0 Å². The van der Waals surface area contributed by atoms with Crippen molar-refractivity contribution >= 4 is 5.91 Å². The average Bonchev–Trinajstić information content (AvgIpc) is 2.90. The van der Waals surface area contributed by atoms with Crippen LogP contribution in [0.15, 0.2) is 6.20 Å². The summed E-state index contributed by atoms with van der Waals surface area (Å²) in [6, 6.07) is 0.236. The van der Waals surface area contributed by atoms with Crippen LogP contribution in [0.2, 0.25) is 0 Å². The molecule has 17 heavy (non-hydrogen) atoms. The van der Waals surface area contributed by atoms with Gasteiger partial charge in [-0.3, -0.25) is 4.79 Å². The quantitative estimate of drug-likeness (QED) is 0.803. The number of carbonyl (C=O) groups excluding carboxylic acids is 1. The highest BCUT2D eigenvalue weighted by molar-refractivity contribution is 5.92. The lowest BCUT2D eigenvalue weighted by molar-refractivity contribution is 0.0579. The average molecular weight is 238 g/mol. The molecular formula is C11H18N4O2. The predicted octanol–water partition coefficient (Wildman–Crippen LogP) is 0.572. The molecule has 1 aliphatic rings. The van der Waals surface area contributed by atoms with Gasteiger partial charge in [0.15, 0.2) is 5.69 Å². The number of aliphatic hydroxyl groups excluding tert-OH is 1. The molecule has 94 valence electrons. The summed E-state index contributed by atoms with van der Waals surface area (Å²) in [5.74, 6) is -0.139. The van der Waals surface area contributed by atoms with Crippen LogP contribution in [-0.2, 0) is 0 Å². The topological polar surface area (TPSA) is 82.1 Å². The Bertz CT molecular complexity index is 346. The van der Waals surface area contributed by atoms with E-state index in [0.29, 0.717) is 12.2 Å². The van der Waals surface area contributed by atoms with Crippen molar-refractivity contribution in [1.29, 1.82) is 0 Å². The molecule has 6 nitrogen and oxygen atoms in total. The van der Waals surface area contributed by atoms with E-state index in [0.717, 1.165) is 25.7 Å². The number of aromatic amines is 1. The summed E-state index contributed by atoms with van der Waals surface area (Å²) < 4.78 is 0. The third-order valence-electron chi connectivity index (χ3n) is 3.25. The molecular weight excluding hydrogens is 220 g/mol. The molecule has 0 aromatic carbocycles.